The molecule has 3 rings (SSSR count). The van der Waals surface area contributed by atoms with E-state index < -0.39 is 35.4 Å². The zero-order valence-corrected chi connectivity index (χ0v) is 21.4. The lowest BCUT2D eigenvalue weighted by molar-refractivity contribution is -0.150. The van der Waals surface area contributed by atoms with Crippen LogP contribution in [0.1, 0.15) is 18.4 Å². The Morgan fingerprint density at radius 2 is 1.97 bits per heavy atom. The average Bonchev–Trinajstić information content (AvgIpc) is 2.85. The highest BCUT2D eigenvalue weighted by atomic mass is 35.5. The van der Waals surface area contributed by atoms with Crippen LogP contribution >= 0.6 is 35.0 Å². The second-order valence-corrected chi connectivity index (χ2v) is 9.21. The largest absolute Gasteiger partial charge is 0.492 e. The number of nitrogens with one attached hydrogen (secondary N) is 2. The molecule has 0 aromatic heterocycles. The van der Waals surface area contributed by atoms with Gasteiger partial charge in [-0.05, 0) is 42.8 Å². The number of anilines is 1. The first-order valence-corrected chi connectivity index (χ1v) is 12.3. The quantitative estimate of drug-likeness (QED) is 0.362. The van der Waals surface area contributed by atoms with Gasteiger partial charge in [-0.25, -0.2) is 4.39 Å². The van der Waals surface area contributed by atoms with Gasteiger partial charge in [0.15, 0.2) is 0 Å². The number of allylic oxidation sites excluding steroid dienone is 1. The van der Waals surface area contributed by atoms with E-state index in [9.17, 15) is 24.0 Å². The lowest BCUT2D eigenvalue weighted by Crippen LogP contribution is -2.44. The fourth-order valence-electron chi connectivity index (χ4n) is 3.57. The van der Waals surface area contributed by atoms with E-state index in [-0.39, 0.29) is 32.1 Å². The molecule has 0 bridgehead atoms. The molecule has 1 heterocycles. The van der Waals surface area contributed by atoms with Crippen molar-refractivity contribution in [3.8, 4) is 11.8 Å². The van der Waals surface area contributed by atoms with E-state index in [0.717, 1.165) is 24.9 Å². The molecule has 2 amide bonds. The molecule has 2 atom stereocenters. The Balaban J connectivity index is 1.91. The van der Waals surface area contributed by atoms with Gasteiger partial charge >= 0.3 is 5.97 Å². The Bertz CT molecular complexity index is 1280. The molecule has 0 spiro atoms. The molecule has 12 heteroatoms. The van der Waals surface area contributed by atoms with Crippen LogP contribution in [0.25, 0.3) is 0 Å². The minimum Gasteiger partial charge on any atom is -0.492 e. The number of nitriles is 1. The smallest absolute Gasteiger partial charge is 0.319 e. The maximum atomic E-state index is 13.3. The Morgan fingerprint density at radius 3 is 2.58 bits per heavy atom. The first kappa shape index (κ1) is 27.3. The van der Waals surface area contributed by atoms with Crippen LogP contribution in [0.3, 0.4) is 0 Å². The number of carbonyl (C=O) groups is 3. The lowest BCUT2D eigenvalue weighted by atomic mass is 9.78. The Morgan fingerprint density at radius 1 is 1.22 bits per heavy atom. The van der Waals surface area contributed by atoms with Crippen LogP contribution in [-0.2, 0) is 19.1 Å². The molecule has 0 fully saturated rings. The average molecular weight is 552 g/mol. The van der Waals surface area contributed by atoms with Crippen molar-refractivity contribution in [1.82, 2.24) is 5.32 Å². The van der Waals surface area contributed by atoms with Gasteiger partial charge in [0.25, 0.3) is 0 Å². The molecule has 0 radical (unpaired) electrons. The monoisotopic (exact) mass is 551 g/mol. The van der Waals surface area contributed by atoms with Gasteiger partial charge in [-0.3, -0.25) is 14.4 Å². The zero-order valence-electron chi connectivity index (χ0n) is 19.1. The molecular formula is C24H20Cl2FN3O5S. The van der Waals surface area contributed by atoms with Crippen molar-refractivity contribution in [3.63, 3.8) is 0 Å². The molecule has 0 unspecified atom stereocenters. The molecule has 0 saturated carbocycles. The van der Waals surface area contributed by atoms with Crippen molar-refractivity contribution < 1.29 is 28.2 Å². The Labute approximate surface area is 220 Å². The standard InChI is InChI=1S/C24H20Cl2FN3O5S/c1-3-35-18-7-4-12(8-16(18)26)20-14(10-28)23(30-22(32)21(20)24(33)34-2)36-11-19(31)29-13-5-6-17(27)15(25)9-13/h4-9,20-21H,3,11H2,1-2H3,(H,29,31)(H,30,32)/t20-,21+/m1/s1. The van der Waals surface area contributed by atoms with Crippen molar-refractivity contribution in [2.24, 2.45) is 5.92 Å². The fourth-order valence-corrected chi connectivity index (χ4v) is 4.84. The second kappa shape index (κ2) is 12.1. The Hall–Kier alpha value is -3.26. The number of hydrogen-bond acceptors (Lipinski definition) is 7. The number of methoxy groups -OCH3 is 1. The molecule has 1 aliphatic heterocycles. The van der Waals surface area contributed by atoms with Crippen LogP contribution in [0.5, 0.6) is 5.75 Å². The molecule has 1 aliphatic rings. The number of ether oxygens (including phenoxy) is 2. The lowest BCUT2D eigenvalue weighted by Gasteiger charge is -2.31. The molecule has 2 aromatic carbocycles. The molecule has 0 aliphatic carbocycles. The summed E-state index contributed by atoms with van der Waals surface area (Å²) < 4.78 is 23.6. The highest BCUT2D eigenvalue weighted by molar-refractivity contribution is 8.03. The third-order valence-electron chi connectivity index (χ3n) is 5.15. The predicted molar refractivity (Wildman–Crippen MR) is 134 cm³/mol. The number of carbonyl (C=O) groups excluding carboxylic acids is 3. The van der Waals surface area contributed by atoms with Gasteiger partial charge in [0.1, 0.15) is 17.5 Å². The number of thioether (sulfide) groups is 1. The van der Waals surface area contributed by atoms with E-state index in [4.69, 9.17) is 32.7 Å². The summed E-state index contributed by atoms with van der Waals surface area (Å²) in [5.41, 5.74) is 0.767. The minimum atomic E-state index is -1.35. The second-order valence-electron chi connectivity index (χ2n) is 7.41. The van der Waals surface area contributed by atoms with Crippen molar-refractivity contribution in [2.45, 2.75) is 12.8 Å². The molecule has 188 valence electrons. The number of nitrogens with zero attached hydrogens (tertiary/aromatic N) is 1. The number of hydrogen-bond donors (Lipinski definition) is 2. The van der Waals surface area contributed by atoms with E-state index in [0.29, 0.717) is 17.9 Å². The maximum Gasteiger partial charge on any atom is 0.319 e. The summed E-state index contributed by atoms with van der Waals surface area (Å²) >= 11 is 13.0. The van der Waals surface area contributed by atoms with Crippen LogP contribution in [-0.4, -0.2) is 37.3 Å². The number of benzene rings is 2. The first-order chi connectivity index (χ1) is 17.2. The van der Waals surface area contributed by atoms with E-state index >= 15 is 0 Å². The van der Waals surface area contributed by atoms with Crippen molar-refractivity contribution in [1.29, 1.82) is 5.26 Å². The summed E-state index contributed by atoms with van der Waals surface area (Å²) in [5.74, 6) is -4.78. The predicted octanol–water partition coefficient (Wildman–Crippen LogP) is 4.64. The third-order valence-corrected chi connectivity index (χ3v) is 6.75. The number of rotatable bonds is 8. The van der Waals surface area contributed by atoms with E-state index in [2.05, 4.69) is 10.6 Å². The minimum absolute atomic E-state index is 0.0628. The normalized spacial score (nSPS) is 17.2. The number of halogens is 3. The van der Waals surface area contributed by atoms with Crippen LogP contribution in [0.15, 0.2) is 47.0 Å². The van der Waals surface area contributed by atoms with Crippen LogP contribution in [0, 0.1) is 23.1 Å². The van der Waals surface area contributed by atoms with Crippen molar-refractivity contribution in [3.05, 3.63) is 68.4 Å². The summed E-state index contributed by atoms with van der Waals surface area (Å²) in [6, 6.07) is 10.5. The number of amides is 2. The summed E-state index contributed by atoms with van der Waals surface area (Å²) in [6.07, 6.45) is 0. The molecule has 0 saturated heterocycles. The van der Waals surface area contributed by atoms with Gasteiger partial charge in [0.2, 0.25) is 11.8 Å². The van der Waals surface area contributed by atoms with Crippen LogP contribution in [0.4, 0.5) is 10.1 Å². The topological polar surface area (TPSA) is 118 Å². The first-order valence-electron chi connectivity index (χ1n) is 10.5. The van der Waals surface area contributed by atoms with Crippen molar-refractivity contribution in [2.75, 3.05) is 24.8 Å². The SMILES string of the molecule is CCOc1ccc([C@@H]2C(C#N)=C(SCC(=O)Nc3ccc(F)c(Cl)c3)NC(=O)[C@H]2C(=O)OC)cc1Cl. The van der Waals surface area contributed by atoms with Gasteiger partial charge in [0, 0.05) is 11.6 Å². The van der Waals surface area contributed by atoms with E-state index in [1.165, 1.54) is 18.2 Å². The van der Waals surface area contributed by atoms with E-state index in [1.807, 2.05) is 6.07 Å². The molecular weight excluding hydrogens is 532 g/mol. The molecule has 36 heavy (non-hydrogen) atoms. The summed E-state index contributed by atoms with van der Waals surface area (Å²) in [5, 5.41) is 15.3. The van der Waals surface area contributed by atoms with Gasteiger partial charge in [0.05, 0.1) is 46.2 Å². The van der Waals surface area contributed by atoms with Crippen molar-refractivity contribution >= 4 is 58.4 Å². The maximum absolute atomic E-state index is 13.3. The van der Waals surface area contributed by atoms with Gasteiger partial charge in [-0.1, -0.05) is 41.0 Å². The van der Waals surface area contributed by atoms with E-state index in [1.54, 1.807) is 19.1 Å². The summed E-state index contributed by atoms with van der Waals surface area (Å²) in [4.78, 5) is 37.9. The highest BCUT2D eigenvalue weighted by Crippen LogP contribution is 2.42. The summed E-state index contributed by atoms with van der Waals surface area (Å²) in [6.45, 7) is 2.18. The zero-order chi connectivity index (χ0) is 26.4. The van der Waals surface area contributed by atoms with Gasteiger partial charge < -0.3 is 20.1 Å². The van der Waals surface area contributed by atoms with Crippen LogP contribution in [0.2, 0.25) is 10.0 Å². The Kier molecular flexibility index (Phi) is 9.20. The highest BCUT2D eigenvalue weighted by Gasteiger charge is 2.44. The number of esters is 1. The molecule has 2 aromatic rings. The molecule has 2 N–H and O–H groups in total. The van der Waals surface area contributed by atoms with Gasteiger partial charge in [-0.2, -0.15) is 5.26 Å². The van der Waals surface area contributed by atoms with Gasteiger partial charge in [-0.15, -0.1) is 0 Å². The summed E-state index contributed by atoms with van der Waals surface area (Å²) in [7, 11) is 1.14. The van der Waals surface area contributed by atoms with Crippen LogP contribution < -0.4 is 15.4 Å². The fraction of sp³-hybridized carbons (Fsp3) is 0.250. The third kappa shape index (κ3) is 6.10. The molecule has 8 nitrogen and oxygen atoms in total.